The number of carbonyl (C=O) groups is 1. The van der Waals surface area contributed by atoms with Crippen LogP contribution in [-0.2, 0) is 4.79 Å². The molecule has 2 aromatic rings. The third-order valence-electron chi connectivity index (χ3n) is 5.71. The number of nitrogens with one attached hydrogen (secondary N) is 1. The number of benzene rings is 2. The highest BCUT2D eigenvalue weighted by atomic mass is 32.2. The van der Waals surface area contributed by atoms with Crippen LogP contribution in [0.3, 0.4) is 0 Å². The first kappa shape index (κ1) is 22.4. The number of hydrazone groups is 1. The van der Waals surface area contributed by atoms with Crippen molar-refractivity contribution in [2.45, 2.75) is 45.2 Å². The van der Waals surface area contributed by atoms with Crippen LogP contribution < -0.4 is 20.8 Å². The minimum absolute atomic E-state index is 0.120. The zero-order chi connectivity index (χ0) is 22.5. The number of thioether (sulfide) groups is 1. The third-order valence-corrected chi connectivity index (χ3v) is 6.66. The van der Waals surface area contributed by atoms with Crippen LogP contribution >= 0.6 is 11.8 Å². The van der Waals surface area contributed by atoms with Gasteiger partial charge >= 0.3 is 0 Å². The molecule has 6 nitrogen and oxygen atoms in total. The minimum Gasteiger partial charge on any atom is -0.378 e. The van der Waals surface area contributed by atoms with E-state index in [4.69, 9.17) is 10.1 Å². The number of para-hydroxylation sites is 1. The summed E-state index contributed by atoms with van der Waals surface area (Å²) in [7, 11) is 4.04. The van der Waals surface area contributed by atoms with Gasteiger partial charge < -0.3 is 4.90 Å². The Labute approximate surface area is 194 Å². The smallest absolute Gasteiger partial charge is 0.276 e. The number of amidine groups is 1. The molecule has 32 heavy (non-hydrogen) atoms. The molecular weight excluding hydrogens is 418 g/mol. The molecule has 1 amide bonds. The van der Waals surface area contributed by atoms with E-state index in [1.807, 2.05) is 38.4 Å². The van der Waals surface area contributed by atoms with Gasteiger partial charge in [-0.3, -0.25) is 15.1 Å². The number of unbranched alkanes of at least 4 members (excludes halogenated alkanes) is 4. The summed E-state index contributed by atoms with van der Waals surface area (Å²) in [5, 5.41) is 11.9. The van der Waals surface area contributed by atoms with Gasteiger partial charge in [-0.15, -0.1) is 5.10 Å². The maximum absolute atomic E-state index is 13.2. The van der Waals surface area contributed by atoms with Crippen LogP contribution in [0.4, 0.5) is 5.69 Å². The van der Waals surface area contributed by atoms with Gasteiger partial charge in [-0.1, -0.05) is 74.7 Å². The van der Waals surface area contributed by atoms with E-state index in [9.17, 15) is 4.79 Å². The van der Waals surface area contributed by atoms with E-state index in [0.717, 1.165) is 34.0 Å². The van der Waals surface area contributed by atoms with Crippen LogP contribution in [-0.4, -0.2) is 35.9 Å². The molecule has 1 atom stereocenters. The van der Waals surface area contributed by atoms with Gasteiger partial charge in [-0.05, 0) is 30.2 Å². The lowest BCUT2D eigenvalue weighted by Gasteiger charge is -2.34. The van der Waals surface area contributed by atoms with Crippen molar-refractivity contribution in [1.82, 2.24) is 10.3 Å². The number of fused-ring (bicyclic) bond motifs is 2. The van der Waals surface area contributed by atoms with Gasteiger partial charge in [-0.25, -0.2) is 5.01 Å². The standard InChI is InChI=1S/C25H31N5OS/c1-4-5-6-7-10-17-32-25-27-24(31)22-20-11-8-9-12-21(20)26-23(30(22)28-25)18-13-15-19(16-14-18)29(2)3/h8-9,11-16,23H,4-7,10,17H2,1-3H3,(H,27,28,31)/t23-/m1/s1. The number of rotatable bonds is 8. The highest BCUT2D eigenvalue weighted by molar-refractivity contribution is 8.13. The zero-order valence-corrected chi connectivity index (χ0v) is 19.9. The van der Waals surface area contributed by atoms with Crippen LogP contribution in [0.5, 0.6) is 0 Å². The molecule has 1 N–H and O–H groups in total. The predicted octanol–water partition coefficient (Wildman–Crippen LogP) is 3.60. The molecule has 2 aromatic carbocycles. The number of carbonyl (C=O) groups excluding carboxylic acids is 1. The molecule has 0 unspecified atom stereocenters. The highest BCUT2D eigenvalue weighted by Crippen LogP contribution is 2.31. The van der Waals surface area contributed by atoms with Crippen molar-refractivity contribution in [3.8, 4) is 0 Å². The van der Waals surface area contributed by atoms with Crippen LogP contribution in [0.2, 0.25) is 0 Å². The largest absolute Gasteiger partial charge is 0.378 e. The molecule has 0 aliphatic carbocycles. The predicted molar refractivity (Wildman–Crippen MR) is 133 cm³/mol. The monoisotopic (exact) mass is 449 g/mol. The van der Waals surface area contributed by atoms with E-state index in [1.165, 1.54) is 25.7 Å². The summed E-state index contributed by atoms with van der Waals surface area (Å²) in [6.45, 7) is 2.22. The zero-order valence-electron chi connectivity index (χ0n) is 19.0. The Morgan fingerprint density at radius 1 is 1.03 bits per heavy atom. The molecule has 4 rings (SSSR count). The first-order valence-electron chi connectivity index (χ1n) is 11.3. The fourth-order valence-electron chi connectivity index (χ4n) is 3.93. The topological polar surface area (TPSA) is 60.3 Å². The van der Waals surface area contributed by atoms with Gasteiger partial charge in [-0.2, -0.15) is 0 Å². The molecule has 0 bridgehead atoms. The van der Waals surface area contributed by atoms with Crippen molar-refractivity contribution in [3.05, 3.63) is 64.7 Å². The van der Waals surface area contributed by atoms with Gasteiger partial charge in [0.2, 0.25) is 0 Å². The minimum atomic E-state index is -0.373. The van der Waals surface area contributed by atoms with E-state index in [-0.39, 0.29) is 12.1 Å². The highest BCUT2D eigenvalue weighted by Gasteiger charge is 2.34. The fraction of sp³-hybridized carbons (Fsp3) is 0.400. The Hall–Kier alpha value is -2.80. The van der Waals surface area contributed by atoms with Crippen molar-refractivity contribution in [3.63, 3.8) is 0 Å². The number of hydrogen-bond donors (Lipinski definition) is 1. The lowest BCUT2D eigenvalue weighted by molar-refractivity contribution is -0.116. The van der Waals surface area contributed by atoms with Gasteiger partial charge in [0.1, 0.15) is 5.70 Å². The molecule has 0 fully saturated rings. The number of hydrogen-bond acceptors (Lipinski definition) is 6. The Morgan fingerprint density at radius 3 is 2.53 bits per heavy atom. The fourth-order valence-corrected chi connectivity index (χ4v) is 4.78. The second-order valence-corrected chi connectivity index (χ2v) is 9.40. The van der Waals surface area contributed by atoms with Crippen LogP contribution in [0, 0.1) is 0 Å². The van der Waals surface area contributed by atoms with Gasteiger partial charge in [0.25, 0.3) is 5.91 Å². The molecule has 0 saturated carbocycles. The molecular formula is C25H31N5OS. The molecule has 0 spiro atoms. The summed E-state index contributed by atoms with van der Waals surface area (Å²) in [6.07, 6.45) is 5.75. The molecule has 0 radical (unpaired) electrons. The SMILES string of the molecule is CCCCCCCSC1=NN2C(=c3ccccc3=N[C@H]2c2ccc(N(C)C)cc2)C(=O)N1. The van der Waals surface area contributed by atoms with Crippen LogP contribution in [0.1, 0.15) is 50.8 Å². The average Bonchev–Trinajstić information content (AvgIpc) is 2.80. The quantitative estimate of drug-likeness (QED) is 0.626. The molecule has 0 aromatic heterocycles. The van der Waals surface area contributed by atoms with E-state index in [0.29, 0.717) is 10.9 Å². The Bertz CT molecular complexity index is 1110. The summed E-state index contributed by atoms with van der Waals surface area (Å²) in [5.41, 5.74) is 2.68. The van der Waals surface area contributed by atoms with Crippen molar-refractivity contribution in [2.24, 2.45) is 10.1 Å². The molecule has 168 valence electrons. The van der Waals surface area contributed by atoms with E-state index in [1.54, 1.807) is 16.8 Å². The Morgan fingerprint density at radius 2 is 1.78 bits per heavy atom. The van der Waals surface area contributed by atoms with Crippen molar-refractivity contribution in [2.75, 3.05) is 24.7 Å². The second-order valence-electron chi connectivity index (χ2n) is 8.32. The molecule has 7 heteroatoms. The lowest BCUT2D eigenvalue weighted by atomic mass is 10.1. The molecule has 2 aliphatic rings. The third kappa shape index (κ3) is 4.83. The summed E-state index contributed by atoms with van der Waals surface area (Å²) in [4.78, 5) is 20.2. The molecule has 0 saturated heterocycles. The van der Waals surface area contributed by atoms with Crippen molar-refractivity contribution >= 4 is 34.2 Å². The maximum Gasteiger partial charge on any atom is 0.276 e. The first-order valence-corrected chi connectivity index (χ1v) is 12.3. The van der Waals surface area contributed by atoms with Gasteiger partial charge in [0, 0.05) is 30.8 Å². The lowest BCUT2D eigenvalue weighted by Crippen LogP contribution is -2.50. The van der Waals surface area contributed by atoms with E-state index < -0.39 is 0 Å². The van der Waals surface area contributed by atoms with Gasteiger partial charge in [0.15, 0.2) is 11.3 Å². The van der Waals surface area contributed by atoms with Crippen molar-refractivity contribution < 1.29 is 4.79 Å². The first-order chi connectivity index (χ1) is 15.6. The second kappa shape index (κ2) is 10.2. The Kier molecular flexibility index (Phi) is 7.15. The van der Waals surface area contributed by atoms with E-state index >= 15 is 0 Å². The van der Waals surface area contributed by atoms with Crippen molar-refractivity contribution in [1.29, 1.82) is 0 Å². The van der Waals surface area contributed by atoms with E-state index in [2.05, 4.69) is 41.4 Å². The number of nitrogens with zero attached hydrogens (tertiary/aromatic N) is 4. The molecule has 2 aliphatic heterocycles. The van der Waals surface area contributed by atoms with Crippen LogP contribution in [0.25, 0.3) is 5.70 Å². The van der Waals surface area contributed by atoms with Crippen LogP contribution in [0.15, 0.2) is 58.6 Å². The summed E-state index contributed by atoms with van der Waals surface area (Å²) in [5.74, 6) is 0.827. The van der Waals surface area contributed by atoms with Gasteiger partial charge in [0.05, 0.1) is 5.36 Å². The number of amides is 1. The summed E-state index contributed by atoms with van der Waals surface area (Å²) in [6, 6.07) is 16.1. The normalized spacial score (nSPS) is 17.2. The molecule has 2 heterocycles. The maximum atomic E-state index is 13.2. The average molecular weight is 450 g/mol. The summed E-state index contributed by atoms with van der Waals surface area (Å²) >= 11 is 1.61. The Balaban J connectivity index is 1.64. The number of anilines is 1. The summed E-state index contributed by atoms with van der Waals surface area (Å²) < 4.78 is 0.